The van der Waals surface area contributed by atoms with Crippen LogP contribution in [0.15, 0.2) is 66.2 Å². The van der Waals surface area contributed by atoms with E-state index in [-0.39, 0.29) is 56.8 Å². The highest BCUT2D eigenvalue weighted by Gasteiger charge is 2.41. The molecule has 1 unspecified atom stereocenters. The van der Waals surface area contributed by atoms with Crippen molar-refractivity contribution in [3.63, 3.8) is 0 Å². The highest BCUT2D eigenvalue weighted by atomic mass is 32.2. The lowest BCUT2D eigenvalue weighted by molar-refractivity contribution is 0.0572. The van der Waals surface area contributed by atoms with Crippen LogP contribution in [0.5, 0.6) is 0 Å². The number of morpholine rings is 1. The summed E-state index contributed by atoms with van der Waals surface area (Å²) in [6.45, 7) is 0.524. The minimum Gasteiger partial charge on any atom is -0.379 e. The molecule has 6 rings (SSSR count). The van der Waals surface area contributed by atoms with Gasteiger partial charge in [-0.05, 0) is 42.0 Å². The first-order valence-corrected chi connectivity index (χ1v) is 16.9. The second kappa shape index (κ2) is 12.1. The summed E-state index contributed by atoms with van der Waals surface area (Å²) in [6, 6.07) is 9.19. The van der Waals surface area contributed by atoms with Crippen LogP contribution < -0.4 is 0 Å². The van der Waals surface area contributed by atoms with Crippen LogP contribution in [0.1, 0.15) is 16.2 Å². The van der Waals surface area contributed by atoms with E-state index in [2.05, 4.69) is 25.9 Å². The summed E-state index contributed by atoms with van der Waals surface area (Å²) < 4.78 is 62.3. The SMILES string of the molecule is C#Cc1ccc2[nH]c(S(=O)(=O)N3CCN(C(=O)c4ncc(-c5ccncc5)cn4)C(CS(=O)(=O)N4CCOCC4)C3)cc2c1. The zero-order chi connectivity index (χ0) is 30.9. The summed E-state index contributed by atoms with van der Waals surface area (Å²) in [4.78, 5) is 30.5. The van der Waals surface area contributed by atoms with Gasteiger partial charge in [-0.3, -0.25) is 9.78 Å². The van der Waals surface area contributed by atoms with Crippen LogP contribution in [0.3, 0.4) is 0 Å². The molecule has 3 aromatic heterocycles. The zero-order valence-electron chi connectivity index (χ0n) is 23.5. The Labute approximate surface area is 255 Å². The number of terminal acetylenes is 1. The molecule has 228 valence electrons. The molecular formula is C29H29N7O6S2. The van der Waals surface area contributed by atoms with E-state index in [1.807, 2.05) is 0 Å². The molecule has 2 fully saturated rings. The van der Waals surface area contributed by atoms with Crippen LogP contribution in [-0.2, 0) is 24.8 Å². The Balaban J connectivity index is 1.28. The van der Waals surface area contributed by atoms with E-state index in [0.717, 1.165) is 5.56 Å². The Morgan fingerprint density at radius 1 is 0.955 bits per heavy atom. The normalized spacial score (nSPS) is 18.7. The molecule has 0 bridgehead atoms. The Morgan fingerprint density at radius 3 is 2.39 bits per heavy atom. The smallest absolute Gasteiger partial charge is 0.292 e. The molecule has 1 amide bonds. The number of amides is 1. The van der Waals surface area contributed by atoms with Gasteiger partial charge in [-0.1, -0.05) is 5.92 Å². The van der Waals surface area contributed by atoms with Gasteiger partial charge in [0.2, 0.25) is 15.8 Å². The summed E-state index contributed by atoms with van der Waals surface area (Å²) in [7, 11) is -7.95. The van der Waals surface area contributed by atoms with Gasteiger partial charge in [0.15, 0.2) is 0 Å². The maximum absolute atomic E-state index is 13.8. The van der Waals surface area contributed by atoms with Crippen LogP contribution in [0.25, 0.3) is 22.0 Å². The molecule has 2 saturated heterocycles. The maximum atomic E-state index is 13.8. The lowest BCUT2D eigenvalue weighted by Gasteiger charge is -2.41. The van der Waals surface area contributed by atoms with Crippen molar-refractivity contribution in [2.24, 2.45) is 0 Å². The number of H-pyrrole nitrogens is 1. The summed E-state index contributed by atoms with van der Waals surface area (Å²) in [6.07, 6.45) is 11.8. The minimum absolute atomic E-state index is 0.0498. The van der Waals surface area contributed by atoms with E-state index in [0.29, 0.717) is 22.0 Å². The van der Waals surface area contributed by atoms with Crippen molar-refractivity contribution in [1.29, 1.82) is 0 Å². The van der Waals surface area contributed by atoms with Crippen LogP contribution in [0.4, 0.5) is 0 Å². The number of benzene rings is 1. The van der Waals surface area contributed by atoms with E-state index in [1.54, 1.807) is 42.7 Å². The van der Waals surface area contributed by atoms with Gasteiger partial charge in [-0.2, -0.15) is 8.61 Å². The number of sulfonamides is 2. The minimum atomic E-state index is -4.08. The second-order valence-corrected chi connectivity index (χ2v) is 14.3. The fraction of sp³-hybridized carbons (Fsp3) is 0.310. The molecule has 0 saturated carbocycles. The number of carbonyl (C=O) groups excluding carboxylic acids is 1. The number of piperazine rings is 1. The predicted octanol–water partition coefficient (Wildman–Crippen LogP) is 1.18. The third-order valence-electron chi connectivity index (χ3n) is 7.71. The first kappa shape index (κ1) is 29.9. The van der Waals surface area contributed by atoms with Crippen molar-refractivity contribution in [3.8, 4) is 23.5 Å². The summed E-state index contributed by atoms with van der Waals surface area (Å²) in [5.74, 6) is 1.36. The number of nitrogens with zero attached hydrogens (tertiary/aromatic N) is 6. The number of hydrogen-bond acceptors (Lipinski definition) is 9. The average Bonchev–Trinajstić information content (AvgIpc) is 3.50. The molecule has 15 heteroatoms. The van der Waals surface area contributed by atoms with Crippen molar-refractivity contribution < 1.29 is 26.4 Å². The number of hydrogen-bond donors (Lipinski definition) is 1. The Hall–Kier alpha value is -4.20. The highest BCUT2D eigenvalue weighted by Crippen LogP contribution is 2.26. The van der Waals surface area contributed by atoms with Crippen molar-refractivity contribution in [1.82, 2.24) is 33.4 Å². The Kier molecular flexibility index (Phi) is 8.18. The average molecular weight is 636 g/mol. The van der Waals surface area contributed by atoms with Crippen molar-refractivity contribution >= 4 is 36.9 Å². The Bertz CT molecular complexity index is 1940. The molecule has 0 aliphatic carbocycles. The van der Waals surface area contributed by atoms with Crippen molar-refractivity contribution in [2.75, 3.05) is 51.7 Å². The second-order valence-electron chi connectivity index (χ2n) is 10.4. The molecule has 44 heavy (non-hydrogen) atoms. The predicted molar refractivity (Wildman–Crippen MR) is 161 cm³/mol. The first-order valence-electron chi connectivity index (χ1n) is 13.8. The van der Waals surface area contributed by atoms with Crippen LogP contribution in [0.2, 0.25) is 0 Å². The van der Waals surface area contributed by atoms with Crippen LogP contribution >= 0.6 is 0 Å². The molecule has 0 radical (unpaired) electrons. The van der Waals surface area contributed by atoms with Gasteiger partial charge in [0.1, 0.15) is 5.03 Å². The number of rotatable bonds is 7. The van der Waals surface area contributed by atoms with E-state index < -0.39 is 37.7 Å². The monoisotopic (exact) mass is 635 g/mol. The molecule has 2 aliphatic heterocycles. The zero-order valence-corrected chi connectivity index (χ0v) is 25.2. The van der Waals surface area contributed by atoms with Gasteiger partial charge >= 0.3 is 0 Å². The molecule has 4 aromatic rings. The molecule has 1 atom stereocenters. The third-order valence-corrected chi connectivity index (χ3v) is 11.5. The van der Waals surface area contributed by atoms with E-state index in [4.69, 9.17) is 11.2 Å². The van der Waals surface area contributed by atoms with Gasteiger partial charge in [-0.25, -0.2) is 26.8 Å². The van der Waals surface area contributed by atoms with Gasteiger partial charge < -0.3 is 14.6 Å². The molecule has 1 aromatic carbocycles. The number of pyridine rings is 1. The number of aromatic nitrogens is 4. The third kappa shape index (κ3) is 5.94. The summed E-state index contributed by atoms with van der Waals surface area (Å²) in [5.41, 5.74) is 2.70. The molecule has 5 heterocycles. The molecule has 0 spiro atoms. The lowest BCUT2D eigenvalue weighted by Crippen LogP contribution is -2.60. The number of ether oxygens (including phenoxy) is 1. The van der Waals surface area contributed by atoms with Crippen molar-refractivity contribution in [2.45, 2.75) is 11.1 Å². The molecule has 13 nitrogen and oxygen atoms in total. The van der Waals surface area contributed by atoms with Gasteiger partial charge in [0, 0.05) is 79.5 Å². The maximum Gasteiger partial charge on any atom is 0.292 e. The number of aromatic amines is 1. The van der Waals surface area contributed by atoms with Crippen molar-refractivity contribution in [3.05, 3.63) is 72.6 Å². The lowest BCUT2D eigenvalue weighted by atomic mass is 10.1. The topological polar surface area (TPSA) is 159 Å². The highest BCUT2D eigenvalue weighted by molar-refractivity contribution is 7.89. The largest absolute Gasteiger partial charge is 0.379 e. The number of fused-ring (bicyclic) bond motifs is 1. The van der Waals surface area contributed by atoms with E-state index in [1.165, 1.54) is 32.0 Å². The van der Waals surface area contributed by atoms with Crippen LogP contribution in [-0.4, -0.2) is 114 Å². The number of nitrogens with one attached hydrogen (secondary N) is 1. The quantitative estimate of drug-likeness (QED) is 0.294. The summed E-state index contributed by atoms with van der Waals surface area (Å²) >= 11 is 0. The number of carbonyl (C=O) groups is 1. The standard InChI is InChI=1S/C29H29N7O6S2/c1-2-21-3-4-26-23(15-21)16-27(33-26)44(40,41)35-9-10-36(25(19-35)20-43(38,39)34-11-13-42-14-12-34)29(37)28-31-17-24(18-32-28)22-5-7-30-8-6-22/h1,3-8,15-18,25,33H,9-14,19-20H2. The molecular weight excluding hydrogens is 606 g/mol. The van der Waals surface area contributed by atoms with E-state index >= 15 is 0 Å². The van der Waals surface area contributed by atoms with Gasteiger partial charge in [0.05, 0.1) is 25.0 Å². The van der Waals surface area contributed by atoms with E-state index in [9.17, 15) is 21.6 Å². The van der Waals surface area contributed by atoms with Gasteiger partial charge in [-0.15, -0.1) is 6.42 Å². The fourth-order valence-electron chi connectivity index (χ4n) is 5.36. The first-order chi connectivity index (χ1) is 21.2. The van der Waals surface area contributed by atoms with Crippen LogP contribution in [0, 0.1) is 12.3 Å². The van der Waals surface area contributed by atoms with Gasteiger partial charge in [0.25, 0.3) is 15.9 Å². The Morgan fingerprint density at radius 2 is 1.68 bits per heavy atom. The molecule has 2 aliphatic rings. The molecule has 1 N–H and O–H groups in total. The summed E-state index contributed by atoms with van der Waals surface area (Å²) in [5, 5.41) is 0.581. The fourth-order valence-corrected chi connectivity index (χ4v) is 8.53.